The molecule has 0 N–H and O–H groups in total. The van der Waals surface area contributed by atoms with E-state index in [0.29, 0.717) is 17.8 Å². The molecular weight excluding hydrogens is 286 g/mol. The highest BCUT2D eigenvalue weighted by Crippen LogP contribution is 2.26. The van der Waals surface area contributed by atoms with E-state index < -0.39 is 0 Å². The van der Waals surface area contributed by atoms with Gasteiger partial charge in [0.05, 0.1) is 28.9 Å². The topological polar surface area (TPSA) is 57.0 Å². The van der Waals surface area contributed by atoms with Gasteiger partial charge in [0.2, 0.25) is 0 Å². The summed E-state index contributed by atoms with van der Waals surface area (Å²) >= 11 is 1.59. The van der Waals surface area contributed by atoms with Crippen molar-refractivity contribution in [2.45, 2.75) is 20.8 Å². The SMILES string of the molecule is CCOC(=O)c1cc(C)nc2c1c(C)nn2-c1ccsc1. The molecule has 0 aliphatic heterocycles. The van der Waals surface area contributed by atoms with E-state index in [1.165, 1.54) is 0 Å². The van der Waals surface area contributed by atoms with Crippen molar-refractivity contribution in [1.82, 2.24) is 14.8 Å². The standard InChI is InChI=1S/C15H15N3O2S/c1-4-20-15(19)12-7-9(2)16-14-13(12)10(3)17-18(14)11-5-6-21-8-11/h5-8H,4H2,1-3H3. The quantitative estimate of drug-likeness (QED) is 0.697. The minimum absolute atomic E-state index is 0.332. The van der Waals surface area contributed by atoms with Crippen LogP contribution in [0.1, 0.15) is 28.7 Å². The first-order valence-corrected chi connectivity index (χ1v) is 7.62. The lowest BCUT2D eigenvalue weighted by atomic mass is 10.1. The van der Waals surface area contributed by atoms with Crippen molar-refractivity contribution in [3.8, 4) is 5.69 Å². The zero-order valence-corrected chi connectivity index (χ0v) is 12.9. The van der Waals surface area contributed by atoms with Gasteiger partial charge in [0.15, 0.2) is 5.65 Å². The van der Waals surface area contributed by atoms with E-state index >= 15 is 0 Å². The number of fused-ring (bicyclic) bond motifs is 1. The molecule has 0 aliphatic carbocycles. The van der Waals surface area contributed by atoms with Gasteiger partial charge in [-0.2, -0.15) is 16.4 Å². The second-order valence-electron chi connectivity index (χ2n) is 4.71. The highest BCUT2D eigenvalue weighted by Gasteiger charge is 2.20. The second-order valence-corrected chi connectivity index (χ2v) is 5.49. The third kappa shape index (κ3) is 2.31. The van der Waals surface area contributed by atoms with Crippen LogP contribution in [-0.4, -0.2) is 27.3 Å². The molecule has 3 heterocycles. The lowest BCUT2D eigenvalue weighted by molar-refractivity contribution is 0.0528. The van der Waals surface area contributed by atoms with E-state index in [1.54, 1.807) is 29.0 Å². The number of carbonyl (C=O) groups is 1. The Morgan fingerprint density at radius 2 is 2.24 bits per heavy atom. The van der Waals surface area contributed by atoms with Gasteiger partial charge in [-0.05, 0) is 38.3 Å². The Labute approximate surface area is 126 Å². The monoisotopic (exact) mass is 301 g/mol. The molecule has 0 atom stereocenters. The zero-order valence-electron chi connectivity index (χ0n) is 12.1. The number of thiophene rings is 1. The van der Waals surface area contributed by atoms with E-state index in [9.17, 15) is 4.79 Å². The lowest BCUT2D eigenvalue weighted by Crippen LogP contribution is -2.07. The first-order chi connectivity index (χ1) is 10.1. The smallest absolute Gasteiger partial charge is 0.339 e. The molecule has 0 aromatic carbocycles. The van der Waals surface area contributed by atoms with E-state index in [0.717, 1.165) is 22.5 Å². The first kappa shape index (κ1) is 13.8. The van der Waals surface area contributed by atoms with Crippen LogP contribution < -0.4 is 0 Å². The minimum atomic E-state index is -0.332. The van der Waals surface area contributed by atoms with Gasteiger partial charge in [0.25, 0.3) is 0 Å². The summed E-state index contributed by atoms with van der Waals surface area (Å²) in [6, 6.07) is 3.73. The molecule has 0 spiro atoms. The molecule has 0 radical (unpaired) electrons. The van der Waals surface area contributed by atoms with Crippen molar-refractivity contribution in [2.24, 2.45) is 0 Å². The maximum absolute atomic E-state index is 12.2. The fraction of sp³-hybridized carbons (Fsp3) is 0.267. The van der Waals surface area contributed by atoms with Crippen LogP contribution in [0.4, 0.5) is 0 Å². The van der Waals surface area contributed by atoms with Crippen molar-refractivity contribution in [2.75, 3.05) is 6.61 Å². The summed E-state index contributed by atoms with van der Waals surface area (Å²) < 4.78 is 6.92. The summed E-state index contributed by atoms with van der Waals surface area (Å²) in [5.74, 6) is -0.332. The summed E-state index contributed by atoms with van der Waals surface area (Å²) in [5, 5.41) is 9.27. The summed E-state index contributed by atoms with van der Waals surface area (Å²) in [4.78, 5) is 16.7. The van der Waals surface area contributed by atoms with Crippen molar-refractivity contribution < 1.29 is 9.53 Å². The highest BCUT2D eigenvalue weighted by atomic mass is 32.1. The molecule has 0 bridgehead atoms. The van der Waals surface area contributed by atoms with Crippen molar-refractivity contribution in [1.29, 1.82) is 0 Å². The van der Waals surface area contributed by atoms with Gasteiger partial charge in [-0.3, -0.25) is 0 Å². The number of aromatic nitrogens is 3. The van der Waals surface area contributed by atoms with E-state index in [1.807, 2.05) is 30.7 Å². The average molecular weight is 301 g/mol. The third-order valence-electron chi connectivity index (χ3n) is 3.19. The molecule has 0 amide bonds. The van der Waals surface area contributed by atoms with Gasteiger partial charge in [0, 0.05) is 11.1 Å². The van der Waals surface area contributed by atoms with Crippen LogP contribution >= 0.6 is 11.3 Å². The van der Waals surface area contributed by atoms with Gasteiger partial charge < -0.3 is 4.74 Å². The number of nitrogens with zero attached hydrogens (tertiary/aromatic N) is 3. The van der Waals surface area contributed by atoms with Crippen molar-refractivity contribution in [3.63, 3.8) is 0 Å². The van der Waals surface area contributed by atoms with E-state index in [-0.39, 0.29) is 5.97 Å². The molecule has 0 saturated heterocycles. The van der Waals surface area contributed by atoms with Gasteiger partial charge >= 0.3 is 5.97 Å². The maximum atomic E-state index is 12.2. The molecule has 3 rings (SSSR count). The number of ether oxygens (including phenoxy) is 1. The fourth-order valence-corrected chi connectivity index (χ4v) is 2.96. The summed E-state index contributed by atoms with van der Waals surface area (Å²) in [7, 11) is 0. The maximum Gasteiger partial charge on any atom is 0.339 e. The van der Waals surface area contributed by atoms with Crippen LogP contribution in [0.3, 0.4) is 0 Å². The molecule has 3 aromatic rings. The number of aryl methyl sites for hydroxylation is 2. The Kier molecular flexibility index (Phi) is 3.47. The van der Waals surface area contributed by atoms with Crippen LogP contribution in [0.2, 0.25) is 0 Å². The number of pyridine rings is 1. The predicted molar refractivity (Wildman–Crippen MR) is 82.2 cm³/mol. The van der Waals surface area contributed by atoms with Crippen LogP contribution in [0, 0.1) is 13.8 Å². The molecular formula is C15H15N3O2S. The van der Waals surface area contributed by atoms with E-state index in [2.05, 4.69) is 10.1 Å². The number of hydrogen-bond acceptors (Lipinski definition) is 5. The van der Waals surface area contributed by atoms with Crippen molar-refractivity contribution in [3.05, 3.63) is 39.8 Å². The first-order valence-electron chi connectivity index (χ1n) is 6.68. The highest BCUT2D eigenvalue weighted by molar-refractivity contribution is 7.08. The molecule has 0 saturated carbocycles. The number of hydrogen-bond donors (Lipinski definition) is 0. The lowest BCUT2D eigenvalue weighted by Gasteiger charge is -2.06. The number of carbonyl (C=O) groups excluding carboxylic acids is 1. The van der Waals surface area contributed by atoms with Gasteiger partial charge in [0.1, 0.15) is 0 Å². The fourth-order valence-electron chi connectivity index (χ4n) is 2.34. The molecule has 0 fully saturated rings. The van der Waals surface area contributed by atoms with Crippen molar-refractivity contribution >= 4 is 28.3 Å². The molecule has 0 unspecified atom stereocenters. The predicted octanol–water partition coefficient (Wildman–Crippen LogP) is 3.28. The van der Waals surface area contributed by atoms with Crippen LogP contribution in [-0.2, 0) is 4.74 Å². The molecule has 6 heteroatoms. The normalized spacial score (nSPS) is 11.0. The van der Waals surface area contributed by atoms with Gasteiger partial charge in [-0.25, -0.2) is 14.5 Å². The molecule has 3 aromatic heterocycles. The zero-order chi connectivity index (χ0) is 15.0. The van der Waals surface area contributed by atoms with E-state index in [4.69, 9.17) is 4.74 Å². The van der Waals surface area contributed by atoms with Crippen LogP contribution in [0.15, 0.2) is 22.9 Å². The Morgan fingerprint density at radius 3 is 2.90 bits per heavy atom. The second kappa shape index (κ2) is 5.29. The van der Waals surface area contributed by atoms with Gasteiger partial charge in [-0.1, -0.05) is 0 Å². The number of rotatable bonds is 3. The summed E-state index contributed by atoms with van der Waals surface area (Å²) in [6.45, 7) is 5.89. The average Bonchev–Trinajstić information content (AvgIpc) is 3.06. The molecule has 21 heavy (non-hydrogen) atoms. The van der Waals surface area contributed by atoms with Crippen LogP contribution in [0.5, 0.6) is 0 Å². The molecule has 0 aliphatic rings. The minimum Gasteiger partial charge on any atom is -0.462 e. The Hall–Kier alpha value is -2.21. The largest absolute Gasteiger partial charge is 0.462 e. The summed E-state index contributed by atoms with van der Waals surface area (Å²) in [5.41, 5.74) is 3.70. The molecule has 108 valence electrons. The summed E-state index contributed by atoms with van der Waals surface area (Å²) in [6.07, 6.45) is 0. The molecule has 5 nitrogen and oxygen atoms in total. The number of esters is 1. The Balaban J connectivity index is 2.29. The third-order valence-corrected chi connectivity index (χ3v) is 3.86. The Bertz CT molecular complexity index is 806. The van der Waals surface area contributed by atoms with Crippen LogP contribution in [0.25, 0.3) is 16.7 Å². The Morgan fingerprint density at radius 1 is 1.43 bits per heavy atom. The van der Waals surface area contributed by atoms with Gasteiger partial charge in [-0.15, -0.1) is 0 Å².